The monoisotopic (exact) mass is 480 g/mol. The lowest BCUT2D eigenvalue weighted by Crippen LogP contribution is -2.18. The Morgan fingerprint density at radius 3 is 2.52 bits per heavy atom. The van der Waals surface area contributed by atoms with Crippen LogP contribution >= 0.6 is 23.1 Å². The summed E-state index contributed by atoms with van der Waals surface area (Å²) in [6.07, 6.45) is 2.24. The number of hydrogen-bond donors (Lipinski definition) is 0. The van der Waals surface area contributed by atoms with Crippen LogP contribution in [0.3, 0.4) is 0 Å². The zero-order valence-corrected chi connectivity index (χ0v) is 20.2. The summed E-state index contributed by atoms with van der Waals surface area (Å²) in [5.74, 6) is -0.114. The molecule has 0 spiro atoms. The van der Waals surface area contributed by atoms with E-state index in [4.69, 9.17) is 0 Å². The van der Waals surface area contributed by atoms with E-state index < -0.39 is 15.7 Å². The van der Waals surface area contributed by atoms with Crippen LogP contribution in [0.25, 0.3) is 10.2 Å². The van der Waals surface area contributed by atoms with Gasteiger partial charge in [0.25, 0.3) is 0 Å². The van der Waals surface area contributed by atoms with Crippen molar-refractivity contribution in [2.75, 3.05) is 17.8 Å². The lowest BCUT2D eigenvalue weighted by molar-refractivity contribution is -0.118. The van der Waals surface area contributed by atoms with Crippen LogP contribution in [0.4, 0.5) is 4.39 Å². The highest BCUT2D eigenvalue weighted by Gasteiger charge is 2.15. The average Bonchev–Trinajstić information content (AvgIpc) is 3.02. The smallest absolute Gasteiger partial charge is 0.248 e. The highest BCUT2D eigenvalue weighted by atomic mass is 32.2. The van der Waals surface area contributed by atoms with Gasteiger partial charge in [0, 0.05) is 18.7 Å². The third-order valence-corrected chi connectivity index (χ3v) is 8.46. The lowest BCUT2D eigenvalue weighted by Gasteiger charge is -2.06. The van der Waals surface area contributed by atoms with E-state index in [1.54, 1.807) is 11.8 Å². The van der Waals surface area contributed by atoms with E-state index in [9.17, 15) is 17.6 Å². The van der Waals surface area contributed by atoms with Crippen molar-refractivity contribution in [3.05, 3.63) is 58.1 Å². The highest BCUT2D eigenvalue weighted by Crippen LogP contribution is 2.22. The van der Waals surface area contributed by atoms with E-state index in [0.29, 0.717) is 4.80 Å². The first kappa shape index (κ1) is 23.7. The van der Waals surface area contributed by atoms with E-state index in [-0.39, 0.29) is 29.4 Å². The van der Waals surface area contributed by atoms with Gasteiger partial charge in [0.05, 0.1) is 20.9 Å². The number of halogens is 1. The minimum absolute atomic E-state index is 0.0370. The zero-order chi connectivity index (χ0) is 22.6. The Labute approximate surface area is 189 Å². The Morgan fingerprint density at radius 1 is 1.16 bits per heavy atom. The highest BCUT2D eigenvalue weighted by molar-refractivity contribution is 7.98. The number of aryl methyl sites for hydroxylation is 3. The van der Waals surface area contributed by atoms with Crippen molar-refractivity contribution >= 4 is 49.1 Å². The van der Waals surface area contributed by atoms with Gasteiger partial charge in [-0.2, -0.15) is 16.8 Å². The van der Waals surface area contributed by atoms with E-state index in [2.05, 4.69) is 35.5 Å². The summed E-state index contributed by atoms with van der Waals surface area (Å²) in [6, 6.07) is 8.96. The maximum atomic E-state index is 13.0. The van der Waals surface area contributed by atoms with Gasteiger partial charge >= 0.3 is 0 Å². The van der Waals surface area contributed by atoms with Gasteiger partial charge in [-0.1, -0.05) is 11.3 Å². The molecule has 9 heteroatoms. The molecule has 3 aromatic rings. The molecule has 0 atom stereocenters. The summed E-state index contributed by atoms with van der Waals surface area (Å²) in [5, 5.41) is 0. The molecule has 0 aliphatic carbocycles. The van der Waals surface area contributed by atoms with Crippen LogP contribution in [-0.4, -0.2) is 36.7 Å². The van der Waals surface area contributed by atoms with Crippen molar-refractivity contribution in [3.8, 4) is 0 Å². The van der Waals surface area contributed by atoms with Crippen LogP contribution in [0, 0.1) is 19.7 Å². The zero-order valence-electron chi connectivity index (χ0n) is 17.7. The summed E-state index contributed by atoms with van der Waals surface area (Å²) in [5.41, 5.74) is 3.44. The topological polar surface area (TPSA) is 68.5 Å². The molecule has 0 aliphatic heterocycles. The molecular formula is C22H25FN2O3S3. The summed E-state index contributed by atoms with van der Waals surface area (Å²) in [7, 11) is -3.56. The summed E-state index contributed by atoms with van der Waals surface area (Å²) < 4.78 is 40.9. The number of sulfone groups is 1. The van der Waals surface area contributed by atoms with Gasteiger partial charge < -0.3 is 4.57 Å². The Hall–Kier alpha value is -1.97. The van der Waals surface area contributed by atoms with Gasteiger partial charge in [-0.05, 0) is 74.0 Å². The molecule has 5 nitrogen and oxygen atoms in total. The van der Waals surface area contributed by atoms with Crippen molar-refractivity contribution in [2.24, 2.45) is 4.99 Å². The Kier molecular flexibility index (Phi) is 7.72. The Balaban J connectivity index is 1.77. The van der Waals surface area contributed by atoms with Crippen LogP contribution in [0.5, 0.6) is 0 Å². The minimum atomic E-state index is -3.56. The largest absolute Gasteiger partial charge is 0.316 e. The number of amides is 1. The number of thioether (sulfide) groups is 1. The van der Waals surface area contributed by atoms with Crippen LogP contribution in [-0.2, 0) is 21.2 Å². The molecule has 0 saturated carbocycles. The van der Waals surface area contributed by atoms with Gasteiger partial charge in [0.1, 0.15) is 5.82 Å². The van der Waals surface area contributed by atoms with Crippen molar-refractivity contribution in [2.45, 2.75) is 38.1 Å². The summed E-state index contributed by atoms with van der Waals surface area (Å²) in [6.45, 7) is 4.87. The van der Waals surface area contributed by atoms with Gasteiger partial charge in [-0.3, -0.25) is 4.79 Å². The fraction of sp³-hybridized carbons (Fsp3) is 0.364. The number of carbonyl (C=O) groups excluding carboxylic acids is 1. The predicted octanol–water partition coefficient (Wildman–Crippen LogP) is 4.50. The number of rotatable bonds is 8. The van der Waals surface area contributed by atoms with E-state index in [1.165, 1.54) is 34.6 Å². The maximum Gasteiger partial charge on any atom is 0.248 e. The number of aromatic nitrogens is 1. The first-order valence-corrected chi connectivity index (χ1v) is 13.7. The van der Waals surface area contributed by atoms with Crippen molar-refractivity contribution in [1.29, 1.82) is 0 Å². The molecule has 3 rings (SSSR count). The van der Waals surface area contributed by atoms with Gasteiger partial charge in [-0.15, -0.1) is 0 Å². The fourth-order valence-corrected chi connectivity index (χ4v) is 5.97. The molecule has 2 aromatic carbocycles. The molecular weight excluding hydrogens is 455 g/mol. The summed E-state index contributed by atoms with van der Waals surface area (Å²) >= 11 is 3.20. The van der Waals surface area contributed by atoms with Crippen LogP contribution < -0.4 is 4.80 Å². The van der Waals surface area contributed by atoms with Crippen LogP contribution in [0.2, 0.25) is 0 Å². The number of nitrogens with zero attached hydrogens (tertiary/aromatic N) is 2. The molecule has 0 N–H and O–H groups in total. The quantitative estimate of drug-likeness (QED) is 0.445. The first-order valence-electron chi connectivity index (χ1n) is 9.86. The molecule has 0 unspecified atom stereocenters. The third-order valence-electron chi connectivity index (χ3n) is 5.01. The van der Waals surface area contributed by atoms with Gasteiger partial charge in [0.2, 0.25) is 5.91 Å². The number of benzene rings is 2. The molecule has 0 bridgehead atoms. The molecule has 31 heavy (non-hydrogen) atoms. The molecule has 0 saturated heterocycles. The minimum Gasteiger partial charge on any atom is -0.316 e. The van der Waals surface area contributed by atoms with Crippen LogP contribution in [0.1, 0.15) is 24.0 Å². The molecule has 0 aliphatic rings. The van der Waals surface area contributed by atoms with E-state index in [0.717, 1.165) is 34.6 Å². The Morgan fingerprint density at radius 2 is 1.84 bits per heavy atom. The molecule has 166 valence electrons. The van der Waals surface area contributed by atoms with Gasteiger partial charge in [0.15, 0.2) is 14.6 Å². The number of thiazole rings is 1. The second kappa shape index (κ2) is 10.1. The molecule has 1 aromatic heterocycles. The Bertz CT molecular complexity index is 1260. The van der Waals surface area contributed by atoms with E-state index >= 15 is 0 Å². The third kappa shape index (κ3) is 5.84. The van der Waals surface area contributed by atoms with Crippen LogP contribution in [0.15, 0.2) is 46.3 Å². The normalized spacial score (nSPS) is 12.6. The number of hydrogen-bond acceptors (Lipinski definition) is 5. The predicted molar refractivity (Wildman–Crippen MR) is 126 cm³/mol. The molecule has 0 fully saturated rings. The molecule has 1 amide bonds. The average molecular weight is 481 g/mol. The van der Waals surface area contributed by atoms with Crippen molar-refractivity contribution < 1.29 is 17.6 Å². The summed E-state index contributed by atoms with van der Waals surface area (Å²) in [4.78, 5) is 17.5. The SMILES string of the molecule is CSCCn1c(=NC(=O)CCCS(=O)(=O)c2ccc(F)cc2)sc2cc(C)c(C)cc21. The van der Waals surface area contributed by atoms with Crippen molar-refractivity contribution in [1.82, 2.24) is 4.57 Å². The second-order valence-electron chi connectivity index (χ2n) is 7.32. The van der Waals surface area contributed by atoms with Crippen molar-refractivity contribution in [3.63, 3.8) is 0 Å². The standard InChI is InChI=1S/C22H25FN2O3S3/c1-15-13-19-20(14-16(15)2)30-22(25(19)10-11-29-3)24-21(26)5-4-12-31(27,28)18-8-6-17(23)7-9-18/h6-9,13-14H,4-5,10-12H2,1-3H3. The maximum absolute atomic E-state index is 13.0. The fourth-order valence-electron chi connectivity index (χ4n) is 3.14. The molecule has 0 radical (unpaired) electrons. The number of carbonyl (C=O) groups is 1. The molecule has 1 heterocycles. The number of fused-ring (bicyclic) bond motifs is 1. The second-order valence-corrected chi connectivity index (χ2v) is 11.4. The first-order chi connectivity index (χ1) is 14.7. The lowest BCUT2D eigenvalue weighted by atomic mass is 10.1. The van der Waals surface area contributed by atoms with E-state index in [1.807, 2.05) is 6.26 Å². The van der Waals surface area contributed by atoms with Gasteiger partial charge in [-0.25, -0.2) is 12.8 Å².